The summed E-state index contributed by atoms with van der Waals surface area (Å²) < 4.78 is 1.89. The van der Waals surface area contributed by atoms with Crippen LogP contribution in [0.4, 0.5) is 0 Å². The molecule has 0 aliphatic heterocycles. The third-order valence-corrected chi connectivity index (χ3v) is 4.13. The molecule has 1 atom stereocenters. The van der Waals surface area contributed by atoms with Crippen LogP contribution in [0.3, 0.4) is 0 Å². The third-order valence-electron chi connectivity index (χ3n) is 4.13. The van der Waals surface area contributed by atoms with Crippen molar-refractivity contribution in [3.63, 3.8) is 0 Å². The summed E-state index contributed by atoms with van der Waals surface area (Å²) in [5.41, 5.74) is 1.82. The second-order valence-corrected chi connectivity index (χ2v) is 5.43. The predicted molar refractivity (Wildman–Crippen MR) is 66.3 cm³/mol. The summed E-state index contributed by atoms with van der Waals surface area (Å²) in [6.07, 6.45) is 10.7. The highest BCUT2D eigenvalue weighted by Crippen LogP contribution is 2.41. The van der Waals surface area contributed by atoms with E-state index < -0.39 is 0 Å². The average Bonchev–Trinajstić information content (AvgIpc) is 2.85. The van der Waals surface area contributed by atoms with Gasteiger partial charge in [0.05, 0.1) is 6.20 Å². The summed E-state index contributed by atoms with van der Waals surface area (Å²) in [6.45, 7) is 2.43. The van der Waals surface area contributed by atoms with Crippen LogP contribution in [0.2, 0.25) is 0 Å². The van der Waals surface area contributed by atoms with Crippen LogP contribution < -0.4 is 5.32 Å². The average molecular weight is 221 g/mol. The Balaban J connectivity index is 2.05. The lowest BCUT2D eigenvalue weighted by atomic mass is 9.78. The maximum Gasteiger partial charge on any atom is 0.0522 e. The Morgan fingerprint density at radius 2 is 2.19 bits per heavy atom. The number of nitrogens with zero attached hydrogens (tertiary/aromatic N) is 2. The highest BCUT2D eigenvalue weighted by molar-refractivity contribution is 5.08. The minimum absolute atomic E-state index is 0.477. The quantitative estimate of drug-likeness (QED) is 0.844. The summed E-state index contributed by atoms with van der Waals surface area (Å²) in [5, 5.41) is 7.75. The van der Waals surface area contributed by atoms with Gasteiger partial charge >= 0.3 is 0 Å². The molecule has 1 aliphatic rings. The summed E-state index contributed by atoms with van der Waals surface area (Å²) >= 11 is 0. The Kier molecular flexibility index (Phi) is 3.33. The van der Waals surface area contributed by atoms with E-state index in [-0.39, 0.29) is 0 Å². The molecule has 1 fully saturated rings. The van der Waals surface area contributed by atoms with Gasteiger partial charge in [0.1, 0.15) is 0 Å². The van der Waals surface area contributed by atoms with Crippen molar-refractivity contribution in [3.05, 3.63) is 18.0 Å². The van der Waals surface area contributed by atoms with Gasteiger partial charge in [0.25, 0.3) is 0 Å². The first-order chi connectivity index (χ1) is 7.64. The fourth-order valence-corrected chi connectivity index (χ4v) is 3.04. The second kappa shape index (κ2) is 4.58. The zero-order valence-electron chi connectivity index (χ0n) is 10.7. The Morgan fingerprint density at radius 1 is 1.50 bits per heavy atom. The Hall–Kier alpha value is -0.830. The molecular formula is C13H23N3. The SMILES string of the molecule is CNC(Cc1cnn(C)c1)C1(C)CCCC1. The molecule has 1 N–H and O–H groups in total. The van der Waals surface area contributed by atoms with Crippen LogP contribution in [0.1, 0.15) is 38.2 Å². The molecule has 90 valence electrons. The number of nitrogens with one attached hydrogen (secondary N) is 1. The van der Waals surface area contributed by atoms with E-state index in [0.29, 0.717) is 11.5 Å². The van der Waals surface area contributed by atoms with Crippen molar-refractivity contribution >= 4 is 0 Å². The summed E-state index contributed by atoms with van der Waals surface area (Å²) in [5.74, 6) is 0. The molecule has 16 heavy (non-hydrogen) atoms. The van der Waals surface area contributed by atoms with Crippen LogP contribution in [-0.4, -0.2) is 22.9 Å². The minimum atomic E-state index is 0.477. The lowest BCUT2D eigenvalue weighted by Gasteiger charge is -2.33. The maximum atomic E-state index is 4.24. The molecule has 0 saturated heterocycles. The molecule has 0 radical (unpaired) electrons. The van der Waals surface area contributed by atoms with Gasteiger partial charge in [0.15, 0.2) is 0 Å². The fourth-order valence-electron chi connectivity index (χ4n) is 3.04. The van der Waals surface area contributed by atoms with Crippen molar-refractivity contribution in [1.82, 2.24) is 15.1 Å². The number of likely N-dealkylation sites (N-methyl/N-ethyl adjacent to an activating group) is 1. The summed E-state index contributed by atoms with van der Waals surface area (Å²) in [6, 6.07) is 0.583. The number of aryl methyl sites for hydroxylation is 1. The zero-order chi connectivity index (χ0) is 11.6. The highest BCUT2D eigenvalue weighted by atomic mass is 15.2. The first-order valence-corrected chi connectivity index (χ1v) is 6.29. The van der Waals surface area contributed by atoms with Crippen LogP contribution in [0.15, 0.2) is 12.4 Å². The molecule has 1 aromatic rings. The molecule has 0 aromatic carbocycles. The van der Waals surface area contributed by atoms with Gasteiger partial charge in [-0.05, 0) is 37.3 Å². The number of hydrogen-bond acceptors (Lipinski definition) is 2. The Bertz CT molecular complexity index is 337. The summed E-state index contributed by atoms with van der Waals surface area (Å²) in [4.78, 5) is 0. The lowest BCUT2D eigenvalue weighted by Crippen LogP contribution is -2.41. The van der Waals surface area contributed by atoms with Crippen LogP contribution in [-0.2, 0) is 13.5 Å². The van der Waals surface area contributed by atoms with Crippen LogP contribution >= 0.6 is 0 Å². The van der Waals surface area contributed by atoms with Crippen molar-refractivity contribution in [2.24, 2.45) is 12.5 Å². The van der Waals surface area contributed by atoms with E-state index >= 15 is 0 Å². The predicted octanol–water partition coefficient (Wildman–Crippen LogP) is 2.13. The van der Waals surface area contributed by atoms with Crippen molar-refractivity contribution in [2.45, 2.75) is 45.1 Å². The molecule has 1 saturated carbocycles. The smallest absolute Gasteiger partial charge is 0.0522 e. The van der Waals surface area contributed by atoms with E-state index in [1.165, 1.54) is 31.2 Å². The van der Waals surface area contributed by atoms with E-state index in [1.54, 1.807) is 0 Å². The topological polar surface area (TPSA) is 29.9 Å². The standard InChI is InChI=1S/C13H23N3/c1-13(6-4-5-7-13)12(14-2)8-11-9-15-16(3)10-11/h9-10,12,14H,4-8H2,1-3H3. The Morgan fingerprint density at radius 3 is 2.69 bits per heavy atom. The van der Waals surface area contributed by atoms with Gasteiger partial charge in [-0.15, -0.1) is 0 Å². The van der Waals surface area contributed by atoms with E-state index in [9.17, 15) is 0 Å². The maximum absolute atomic E-state index is 4.24. The number of hydrogen-bond donors (Lipinski definition) is 1. The van der Waals surface area contributed by atoms with Crippen LogP contribution in [0.25, 0.3) is 0 Å². The fraction of sp³-hybridized carbons (Fsp3) is 0.769. The van der Waals surface area contributed by atoms with Gasteiger partial charge in [-0.25, -0.2) is 0 Å². The van der Waals surface area contributed by atoms with Crippen LogP contribution in [0, 0.1) is 5.41 Å². The molecule has 0 amide bonds. The number of rotatable bonds is 4. The lowest BCUT2D eigenvalue weighted by molar-refractivity contribution is 0.229. The van der Waals surface area contributed by atoms with Crippen molar-refractivity contribution in [3.8, 4) is 0 Å². The molecule has 2 rings (SSSR count). The third kappa shape index (κ3) is 2.29. The molecule has 1 aliphatic carbocycles. The molecule has 3 heteroatoms. The monoisotopic (exact) mass is 221 g/mol. The highest BCUT2D eigenvalue weighted by Gasteiger charge is 2.36. The van der Waals surface area contributed by atoms with E-state index in [4.69, 9.17) is 0 Å². The largest absolute Gasteiger partial charge is 0.316 e. The van der Waals surface area contributed by atoms with Crippen LogP contribution in [0.5, 0.6) is 0 Å². The van der Waals surface area contributed by atoms with Crippen molar-refractivity contribution in [2.75, 3.05) is 7.05 Å². The van der Waals surface area contributed by atoms with Crippen molar-refractivity contribution in [1.29, 1.82) is 0 Å². The zero-order valence-corrected chi connectivity index (χ0v) is 10.7. The molecule has 0 spiro atoms. The number of aromatic nitrogens is 2. The molecule has 0 bridgehead atoms. The van der Waals surface area contributed by atoms with Gasteiger partial charge < -0.3 is 5.32 Å². The molecule has 3 nitrogen and oxygen atoms in total. The minimum Gasteiger partial charge on any atom is -0.316 e. The molecular weight excluding hydrogens is 198 g/mol. The van der Waals surface area contributed by atoms with Gasteiger partial charge in [-0.1, -0.05) is 19.8 Å². The van der Waals surface area contributed by atoms with Gasteiger partial charge in [0.2, 0.25) is 0 Å². The Labute approximate surface area is 98.2 Å². The first kappa shape index (κ1) is 11.6. The van der Waals surface area contributed by atoms with E-state index in [0.717, 1.165) is 6.42 Å². The van der Waals surface area contributed by atoms with E-state index in [2.05, 4.69) is 30.6 Å². The van der Waals surface area contributed by atoms with Crippen molar-refractivity contribution < 1.29 is 0 Å². The second-order valence-electron chi connectivity index (χ2n) is 5.43. The molecule has 1 heterocycles. The van der Waals surface area contributed by atoms with Gasteiger partial charge in [-0.3, -0.25) is 4.68 Å². The van der Waals surface area contributed by atoms with Gasteiger partial charge in [-0.2, -0.15) is 5.10 Å². The molecule has 1 aromatic heterocycles. The first-order valence-electron chi connectivity index (χ1n) is 6.29. The normalized spacial score (nSPS) is 21.2. The summed E-state index contributed by atoms with van der Waals surface area (Å²) in [7, 11) is 4.07. The van der Waals surface area contributed by atoms with E-state index in [1.807, 2.05) is 17.9 Å². The van der Waals surface area contributed by atoms with Gasteiger partial charge in [0, 0.05) is 19.3 Å². The molecule has 1 unspecified atom stereocenters.